The third-order valence-corrected chi connectivity index (χ3v) is 5.00. The molecule has 5 heteroatoms. The van der Waals surface area contributed by atoms with Gasteiger partial charge < -0.3 is 9.30 Å². The van der Waals surface area contributed by atoms with Crippen molar-refractivity contribution in [1.29, 1.82) is 0 Å². The van der Waals surface area contributed by atoms with Crippen LogP contribution in [0.3, 0.4) is 0 Å². The van der Waals surface area contributed by atoms with E-state index >= 15 is 0 Å². The minimum absolute atomic E-state index is 0.178. The first-order valence-corrected chi connectivity index (χ1v) is 8.70. The molecule has 0 aliphatic carbocycles. The lowest BCUT2D eigenvalue weighted by Crippen LogP contribution is -2.39. The SMILES string of the molecule is COc1ccc(CN2CCCCC2CCc2nccn2C)c(F)c1. The molecule has 130 valence electrons. The Balaban J connectivity index is 1.65. The smallest absolute Gasteiger partial charge is 0.131 e. The lowest BCUT2D eigenvalue weighted by molar-refractivity contribution is 0.130. The van der Waals surface area contributed by atoms with E-state index in [0.29, 0.717) is 18.3 Å². The number of hydrogen-bond acceptors (Lipinski definition) is 3. The maximum atomic E-state index is 14.3. The maximum Gasteiger partial charge on any atom is 0.131 e. The number of halogens is 1. The molecule has 0 bridgehead atoms. The second kappa shape index (κ2) is 7.79. The molecule has 1 saturated heterocycles. The first-order chi connectivity index (χ1) is 11.7. The topological polar surface area (TPSA) is 30.3 Å². The fourth-order valence-electron chi connectivity index (χ4n) is 3.53. The maximum absolute atomic E-state index is 14.3. The molecule has 24 heavy (non-hydrogen) atoms. The van der Waals surface area contributed by atoms with E-state index in [-0.39, 0.29) is 5.82 Å². The average molecular weight is 331 g/mol. The fraction of sp³-hybridized carbons (Fsp3) is 0.526. The third kappa shape index (κ3) is 3.96. The van der Waals surface area contributed by atoms with E-state index in [2.05, 4.69) is 14.5 Å². The van der Waals surface area contributed by atoms with Gasteiger partial charge in [0.05, 0.1) is 7.11 Å². The van der Waals surface area contributed by atoms with Crippen LogP contribution < -0.4 is 4.74 Å². The number of methoxy groups -OCH3 is 1. The Kier molecular flexibility index (Phi) is 5.51. The zero-order chi connectivity index (χ0) is 16.9. The lowest BCUT2D eigenvalue weighted by atomic mass is 9.97. The van der Waals surface area contributed by atoms with Gasteiger partial charge in [-0.05, 0) is 31.9 Å². The van der Waals surface area contributed by atoms with Crippen molar-refractivity contribution < 1.29 is 9.13 Å². The van der Waals surface area contributed by atoms with Gasteiger partial charge in [-0.25, -0.2) is 9.37 Å². The number of rotatable bonds is 6. The van der Waals surface area contributed by atoms with Crippen LogP contribution in [0.5, 0.6) is 5.75 Å². The highest BCUT2D eigenvalue weighted by Crippen LogP contribution is 2.25. The van der Waals surface area contributed by atoms with Gasteiger partial charge in [-0.2, -0.15) is 0 Å². The van der Waals surface area contributed by atoms with E-state index in [0.717, 1.165) is 30.8 Å². The second-order valence-corrected chi connectivity index (χ2v) is 6.57. The van der Waals surface area contributed by atoms with E-state index < -0.39 is 0 Å². The highest BCUT2D eigenvalue weighted by atomic mass is 19.1. The molecule has 2 heterocycles. The molecule has 0 spiro atoms. The van der Waals surface area contributed by atoms with Crippen LogP contribution in [-0.4, -0.2) is 34.1 Å². The Morgan fingerprint density at radius 2 is 2.21 bits per heavy atom. The van der Waals surface area contributed by atoms with Crippen molar-refractivity contribution in [3.63, 3.8) is 0 Å². The molecule has 1 aromatic heterocycles. The number of ether oxygens (including phenoxy) is 1. The Bertz CT molecular complexity index is 670. The van der Waals surface area contributed by atoms with E-state index in [1.165, 1.54) is 25.3 Å². The molecule has 2 aromatic rings. The molecule has 0 amide bonds. The Morgan fingerprint density at radius 1 is 1.33 bits per heavy atom. The van der Waals surface area contributed by atoms with Crippen LogP contribution in [-0.2, 0) is 20.0 Å². The summed E-state index contributed by atoms with van der Waals surface area (Å²) < 4.78 is 21.4. The van der Waals surface area contributed by atoms with Crippen LogP contribution in [0.25, 0.3) is 0 Å². The number of imidazole rings is 1. The summed E-state index contributed by atoms with van der Waals surface area (Å²) in [6.07, 6.45) is 9.51. The standard InChI is InChI=1S/C19H26FN3O/c1-22-12-10-21-19(22)9-7-16-5-3-4-11-23(16)14-15-6-8-17(24-2)13-18(15)20/h6,8,10,12-13,16H,3-5,7,9,11,14H2,1-2H3. The number of nitrogens with zero attached hydrogens (tertiary/aromatic N) is 3. The monoisotopic (exact) mass is 331 g/mol. The highest BCUT2D eigenvalue weighted by Gasteiger charge is 2.23. The Labute approximate surface area is 143 Å². The minimum atomic E-state index is -0.178. The van der Waals surface area contributed by atoms with Crippen LogP contribution in [0.1, 0.15) is 37.1 Å². The molecule has 3 rings (SSSR count). The summed E-state index contributed by atoms with van der Waals surface area (Å²) in [7, 11) is 3.60. The number of hydrogen-bond donors (Lipinski definition) is 0. The number of aryl methyl sites for hydroxylation is 2. The minimum Gasteiger partial charge on any atom is -0.497 e. The molecule has 0 radical (unpaired) electrons. The normalized spacial score (nSPS) is 18.7. The third-order valence-electron chi connectivity index (χ3n) is 5.00. The van der Waals surface area contributed by atoms with Crippen molar-refractivity contribution in [1.82, 2.24) is 14.5 Å². The van der Waals surface area contributed by atoms with Gasteiger partial charge >= 0.3 is 0 Å². The number of benzene rings is 1. The van der Waals surface area contributed by atoms with Crippen LogP contribution in [0.2, 0.25) is 0 Å². The van der Waals surface area contributed by atoms with Crippen LogP contribution in [0, 0.1) is 5.82 Å². The predicted octanol–water partition coefficient (Wildman–Crippen LogP) is 3.56. The summed E-state index contributed by atoms with van der Waals surface area (Å²) >= 11 is 0. The molecular weight excluding hydrogens is 305 g/mol. The van der Waals surface area contributed by atoms with Crippen LogP contribution in [0.15, 0.2) is 30.6 Å². The summed E-state index contributed by atoms with van der Waals surface area (Å²) in [5.74, 6) is 1.51. The summed E-state index contributed by atoms with van der Waals surface area (Å²) in [5, 5.41) is 0. The molecule has 1 fully saturated rings. The van der Waals surface area contributed by atoms with Crippen molar-refractivity contribution in [3.8, 4) is 5.75 Å². The molecular formula is C19H26FN3O. The molecule has 1 unspecified atom stereocenters. The summed E-state index contributed by atoms with van der Waals surface area (Å²) in [5.41, 5.74) is 0.750. The molecule has 0 saturated carbocycles. The van der Waals surface area contributed by atoms with Gasteiger partial charge in [0, 0.05) is 50.1 Å². The predicted molar refractivity (Wildman–Crippen MR) is 92.5 cm³/mol. The van der Waals surface area contributed by atoms with Gasteiger partial charge in [-0.1, -0.05) is 12.5 Å². The van der Waals surface area contributed by atoms with Crippen molar-refractivity contribution in [2.24, 2.45) is 7.05 Å². The second-order valence-electron chi connectivity index (χ2n) is 6.57. The van der Waals surface area contributed by atoms with Gasteiger partial charge in [-0.15, -0.1) is 0 Å². The van der Waals surface area contributed by atoms with E-state index in [4.69, 9.17) is 4.74 Å². The lowest BCUT2D eigenvalue weighted by Gasteiger charge is -2.36. The molecule has 1 aliphatic rings. The van der Waals surface area contributed by atoms with Crippen molar-refractivity contribution in [2.75, 3.05) is 13.7 Å². The quantitative estimate of drug-likeness (QED) is 0.811. The fourth-order valence-corrected chi connectivity index (χ4v) is 3.53. The van der Waals surface area contributed by atoms with E-state index in [9.17, 15) is 4.39 Å². The molecule has 0 N–H and O–H groups in total. The van der Waals surface area contributed by atoms with Gasteiger partial charge in [0.15, 0.2) is 0 Å². The van der Waals surface area contributed by atoms with Crippen molar-refractivity contribution in [3.05, 3.63) is 47.8 Å². The first kappa shape index (κ1) is 17.0. The molecule has 4 nitrogen and oxygen atoms in total. The van der Waals surface area contributed by atoms with Crippen molar-refractivity contribution >= 4 is 0 Å². The summed E-state index contributed by atoms with van der Waals surface area (Å²) in [6, 6.07) is 5.66. The Hall–Kier alpha value is -1.88. The Morgan fingerprint density at radius 3 is 2.92 bits per heavy atom. The largest absolute Gasteiger partial charge is 0.497 e. The van der Waals surface area contributed by atoms with Crippen LogP contribution >= 0.6 is 0 Å². The zero-order valence-electron chi connectivity index (χ0n) is 14.5. The summed E-state index contributed by atoms with van der Waals surface area (Å²) in [4.78, 5) is 6.84. The molecule has 1 aliphatic heterocycles. The van der Waals surface area contributed by atoms with Crippen molar-refractivity contribution in [2.45, 2.75) is 44.7 Å². The van der Waals surface area contributed by atoms with Gasteiger partial charge in [0.2, 0.25) is 0 Å². The van der Waals surface area contributed by atoms with Gasteiger partial charge in [0.1, 0.15) is 17.4 Å². The molecule has 1 aromatic carbocycles. The number of piperidine rings is 1. The summed E-state index contributed by atoms with van der Waals surface area (Å²) in [6.45, 7) is 1.71. The molecule has 1 atom stereocenters. The van der Waals surface area contributed by atoms with E-state index in [1.54, 1.807) is 7.11 Å². The number of aromatic nitrogens is 2. The van der Waals surface area contributed by atoms with Crippen LogP contribution in [0.4, 0.5) is 4.39 Å². The van der Waals surface area contributed by atoms with E-state index in [1.807, 2.05) is 31.6 Å². The zero-order valence-corrected chi connectivity index (χ0v) is 14.5. The highest BCUT2D eigenvalue weighted by molar-refractivity contribution is 5.28. The average Bonchev–Trinajstić information content (AvgIpc) is 3.01. The van der Waals surface area contributed by atoms with Gasteiger partial charge in [0.25, 0.3) is 0 Å². The van der Waals surface area contributed by atoms with Gasteiger partial charge in [-0.3, -0.25) is 4.90 Å². The number of likely N-dealkylation sites (tertiary alicyclic amines) is 1. The first-order valence-electron chi connectivity index (χ1n) is 8.70.